The molecule has 0 spiro atoms. The highest BCUT2D eigenvalue weighted by atomic mass is 16.5. The van der Waals surface area contributed by atoms with Crippen molar-refractivity contribution in [2.24, 2.45) is 0 Å². The molecule has 2 aliphatic rings. The Hall–Kier alpha value is -1.77. The first-order valence-electron chi connectivity index (χ1n) is 4.56. The van der Waals surface area contributed by atoms with E-state index in [0.717, 1.165) is 17.0 Å². The van der Waals surface area contributed by atoms with Crippen LogP contribution in [0, 0.1) is 0 Å². The van der Waals surface area contributed by atoms with Crippen LogP contribution in [0.4, 0.5) is 0 Å². The summed E-state index contributed by atoms with van der Waals surface area (Å²) >= 11 is 0. The molecule has 2 rings (SSSR count). The van der Waals surface area contributed by atoms with Gasteiger partial charge >= 0.3 is 0 Å². The molecule has 14 heavy (non-hydrogen) atoms. The Kier molecular flexibility index (Phi) is 2.23. The molecule has 0 bridgehead atoms. The van der Waals surface area contributed by atoms with Gasteiger partial charge in [-0.25, -0.2) is 0 Å². The number of fused-ring (bicyclic) bond motifs is 1. The van der Waals surface area contributed by atoms with E-state index < -0.39 is 0 Å². The Morgan fingerprint density at radius 1 is 1.36 bits per heavy atom. The molecule has 0 saturated carbocycles. The maximum atomic E-state index is 11.1. The molecule has 0 aromatic heterocycles. The van der Waals surface area contributed by atoms with E-state index in [2.05, 4.69) is 4.98 Å². The number of H-pyrrole nitrogens is 1. The van der Waals surface area contributed by atoms with Gasteiger partial charge in [-0.1, -0.05) is 12.1 Å². The molecule has 0 amide bonds. The number of nitrogens with one attached hydrogen (secondary N) is 1. The van der Waals surface area contributed by atoms with Crippen LogP contribution in [0.1, 0.15) is 6.92 Å². The van der Waals surface area contributed by atoms with Crippen LogP contribution in [0.15, 0.2) is 35.1 Å². The summed E-state index contributed by atoms with van der Waals surface area (Å²) in [5.41, 5.74) is 1.55. The zero-order valence-corrected chi connectivity index (χ0v) is 7.91. The SMILES string of the molecule is CCOc1ccccc2[nH]c(=O)cc1-2. The van der Waals surface area contributed by atoms with E-state index in [1.165, 1.54) is 0 Å². The lowest BCUT2D eigenvalue weighted by Crippen LogP contribution is -1.92. The molecule has 0 aromatic rings. The normalized spacial score (nSPS) is 10.4. The molecule has 0 radical (unpaired) electrons. The zero-order chi connectivity index (χ0) is 9.97. The Labute approximate surface area is 81.7 Å². The fourth-order valence-electron chi connectivity index (χ4n) is 1.45. The monoisotopic (exact) mass is 189 g/mol. The van der Waals surface area contributed by atoms with Gasteiger partial charge in [0.1, 0.15) is 5.75 Å². The van der Waals surface area contributed by atoms with Gasteiger partial charge in [0, 0.05) is 11.6 Å². The van der Waals surface area contributed by atoms with Gasteiger partial charge < -0.3 is 9.72 Å². The van der Waals surface area contributed by atoms with Crippen molar-refractivity contribution in [2.75, 3.05) is 6.61 Å². The molecule has 1 aliphatic heterocycles. The van der Waals surface area contributed by atoms with Gasteiger partial charge in [-0.05, 0) is 19.1 Å². The van der Waals surface area contributed by atoms with Crippen molar-refractivity contribution in [3.05, 3.63) is 40.7 Å². The Morgan fingerprint density at radius 2 is 2.14 bits per heavy atom. The van der Waals surface area contributed by atoms with Crippen molar-refractivity contribution in [3.63, 3.8) is 0 Å². The van der Waals surface area contributed by atoms with E-state index in [1.54, 1.807) is 6.07 Å². The van der Waals surface area contributed by atoms with Gasteiger partial charge in [0.2, 0.25) is 5.56 Å². The molecule has 3 nitrogen and oxygen atoms in total. The number of aromatic amines is 1. The third kappa shape index (κ3) is 1.48. The minimum absolute atomic E-state index is 0.0906. The summed E-state index contributed by atoms with van der Waals surface area (Å²) in [5, 5.41) is 0. The maximum Gasteiger partial charge on any atom is 0.249 e. The van der Waals surface area contributed by atoms with Crippen LogP contribution in [0.5, 0.6) is 5.75 Å². The van der Waals surface area contributed by atoms with Crippen molar-refractivity contribution < 1.29 is 4.74 Å². The van der Waals surface area contributed by atoms with Crippen LogP contribution in [-0.4, -0.2) is 11.6 Å². The van der Waals surface area contributed by atoms with Gasteiger partial charge in [-0.3, -0.25) is 4.79 Å². The van der Waals surface area contributed by atoms with Gasteiger partial charge in [0.15, 0.2) is 0 Å². The second-order valence-electron chi connectivity index (χ2n) is 2.98. The van der Waals surface area contributed by atoms with Crippen LogP contribution in [-0.2, 0) is 0 Å². The lowest BCUT2D eigenvalue weighted by atomic mass is 10.2. The molecule has 0 atom stereocenters. The molecular weight excluding hydrogens is 178 g/mol. The summed E-state index contributed by atoms with van der Waals surface area (Å²) in [6, 6.07) is 9.04. The van der Waals surface area contributed by atoms with Crippen LogP contribution < -0.4 is 10.3 Å². The van der Waals surface area contributed by atoms with Crippen LogP contribution in [0.25, 0.3) is 11.3 Å². The average molecular weight is 189 g/mol. The number of rotatable bonds is 2. The molecule has 1 N–H and O–H groups in total. The standard InChI is InChI=1S/C11H11NO2/c1-2-14-10-6-4-3-5-9-8(10)7-11(13)12-9/h3-7H,2H2,1H3,(H,12,13). The molecule has 72 valence electrons. The molecule has 0 aromatic carbocycles. The molecule has 1 aliphatic carbocycles. The topological polar surface area (TPSA) is 42.1 Å². The molecular formula is C11H11NO2. The third-order valence-corrected chi connectivity index (χ3v) is 2.01. The van der Waals surface area contributed by atoms with E-state index in [9.17, 15) is 4.79 Å². The fraction of sp³-hybridized carbons (Fsp3) is 0.182. The second kappa shape index (κ2) is 3.54. The van der Waals surface area contributed by atoms with E-state index in [1.807, 2.05) is 31.2 Å². The summed E-state index contributed by atoms with van der Waals surface area (Å²) in [6.07, 6.45) is 0. The van der Waals surface area contributed by atoms with Gasteiger partial charge in [0.25, 0.3) is 0 Å². The van der Waals surface area contributed by atoms with Crippen LogP contribution in [0.3, 0.4) is 0 Å². The van der Waals surface area contributed by atoms with E-state index in [0.29, 0.717) is 6.61 Å². The molecule has 0 fully saturated rings. The highest BCUT2D eigenvalue weighted by Crippen LogP contribution is 2.27. The zero-order valence-electron chi connectivity index (χ0n) is 7.91. The number of ether oxygens (including phenoxy) is 1. The predicted octanol–water partition coefficient (Wildman–Crippen LogP) is 1.88. The minimum Gasteiger partial charge on any atom is -0.493 e. The summed E-state index contributed by atoms with van der Waals surface area (Å²) < 4.78 is 5.43. The molecule has 0 saturated heterocycles. The lowest BCUT2D eigenvalue weighted by molar-refractivity contribution is 0.342. The smallest absolute Gasteiger partial charge is 0.249 e. The number of hydrogen-bond acceptors (Lipinski definition) is 2. The maximum absolute atomic E-state index is 11.1. The first kappa shape index (κ1) is 8.81. The van der Waals surface area contributed by atoms with Gasteiger partial charge in [-0.2, -0.15) is 0 Å². The highest BCUT2D eigenvalue weighted by Gasteiger charge is 2.08. The number of hydrogen-bond donors (Lipinski definition) is 1. The summed E-state index contributed by atoms with van der Waals surface area (Å²) in [7, 11) is 0. The van der Waals surface area contributed by atoms with Gasteiger partial charge in [-0.15, -0.1) is 0 Å². The second-order valence-corrected chi connectivity index (χ2v) is 2.98. The largest absolute Gasteiger partial charge is 0.493 e. The quantitative estimate of drug-likeness (QED) is 0.783. The highest BCUT2D eigenvalue weighted by molar-refractivity contribution is 5.67. The van der Waals surface area contributed by atoms with Crippen molar-refractivity contribution in [3.8, 4) is 17.0 Å². The number of aromatic nitrogens is 1. The van der Waals surface area contributed by atoms with Crippen molar-refractivity contribution >= 4 is 0 Å². The van der Waals surface area contributed by atoms with E-state index >= 15 is 0 Å². The fourth-order valence-corrected chi connectivity index (χ4v) is 1.45. The minimum atomic E-state index is -0.0906. The van der Waals surface area contributed by atoms with Crippen LogP contribution in [0.2, 0.25) is 0 Å². The third-order valence-electron chi connectivity index (χ3n) is 2.01. The van der Waals surface area contributed by atoms with Crippen LogP contribution >= 0.6 is 0 Å². The Morgan fingerprint density at radius 3 is 2.93 bits per heavy atom. The Bertz CT molecular complexity index is 461. The molecule has 0 unspecified atom stereocenters. The van der Waals surface area contributed by atoms with Gasteiger partial charge in [0.05, 0.1) is 12.3 Å². The summed E-state index contributed by atoms with van der Waals surface area (Å²) in [5.74, 6) is 0.742. The summed E-state index contributed by atoms with van der Waals surface area (Å²) in [4.78, 5) is 13.9. The predicted molar refractivity (Wildman–Crippen MR) is 54.9 cm³/mol. The molecule has 3 heteroatoms. The van der Waals surface area contributed by atoms with Crippen molar-refractivity contribution in [1.29, 1.82) is 0 Å². The average Bonchev–Trinajstić information content (AvgIpc) is 2.43. The first-order valence-corrected chi connectivity index (χ1v) is 4.56. The van der Waals surface area contributed by atoms with E-state index in [4.69, 9.17) is 4.74 Å². The first-order chi connectivity index (χ1) is 6.81. The summed E-state index contributed by atoms with van der Waals surface area (Å²) in [6.45, 7) is 2.52. The Balaban J connectivity index is 2.64. The van der Waals surface area contributed by atoms with E-state index in [-0.39, 0.29) is 5.56 Å². The van der Waals surface area contributed by atoms with Crippen molar-refractivity contribution in [1.82, 2.24) is 4.98 Å². The molecule has 1 heterocycles. The lowest BCUT2D eigenvalue weighted by Gasteiger charge is -2.03. The van der Waals surface area contributed by atoms with Crippen molar-refractivity contribution in [2.45, 2.75) is 6.92 Å².